The molecular formula is C10H14N5O+. The molecule has 0 aliphatic rings. The van der Waals surface area contributed by atoms with Crippen LogP contribution in [0.2, 0.25) is 0 Å². The van der Waals surface area contributed by atoms with Gasteiger partial charge in [0.15, 0.2) is 0 Å². The van der Waals surface area contributed by atoms with E-state index in [9.17, 15) is 4.79 Å². The van der Waals surface area contributed by atoms with E-state index in [-0.39, 0.29) is 5.56 Å². The molecule has 0 aromatic carbocycles. The first-order valence-corrected chi connectivity index (χ1v) is 5.19. The first kappa shape index (κ1) is 10.4. The van der Waals surface area contributed by atoms with Crippen molar-refractivity contribution in [3.63, 3.8) is 0 Å². The van der Waals surface area contributed by atoms with Gasteiger partial charge in [0, 0.05) is 12.4 Å². The molecular weight excluding hydrogens is 206 g/mol. The van der Waals surface area contributed by atoms with E-state index < -0.39 is 0 Å². The molecule has 0 atom stereocenters. The van der Waals surface area contributed by atoms with E-state index in [1.807, 2.05) is 20.9 Å². The SMILES string of the molecule is CC.C[n+]1c[nH]c2[nH]c3nccn3c(=O)c21. The normalized spacial score (nSPS) is 10.4. The second-order valence-corrected chi connectivity index (χ2v) is 3.16. The minimum Gasteiger partial charge on any atom is -0.288 e. The van der Waals surface area contributed by atoms with Crippen molar-refractivity contribution in [3.05, 3.63) is 29.1 Å². The highest BCUT2D eigenvalue weighted by molar-refractivity contribution is 5.66. The maximum absolute atomic E-state index is 11.9. The molecule has 0 aliphatic carbocycles. The van der Waals surface area contributed by atoms with Crippen LogP contribution >= 0.6 is 0 Å². The summed E-state index contributed by atoms with van der Waals surface area (Å²) in [4.78, 5) is 21.9. The molecule has 6 heteroatoms. The van der Waals surface area contributed by atoms with Gasteiger partial charge in [-0.2, -0.15) is 0 Å². The third kappa shape index (κ3) is 1.30. The Labute approximate surface area is 91.6 Å². The van der Waals surface area contributed by atoms with Gasteiger partial charge in [-0.1, -0.05) is 13.8 Å². The van der Waals surface area contributed by atoms with E-state index in [0.717, 1.165) is 0 Å². The summed E-state index contributed by atoms with van der Waals surface area (Å²) in [6.07, 6.45) is 4.95. The standard InChI is InChI=1S/C8H7N5O.C2H6/c1-12-4-10-6-5(12)7(14)13-3-2-9-8(13)11-6;1-2/h2-4H,1H3,(H,9,11,14);1-2H3/p+1. The first-order valence-electron chi connectivity index (χ1n) is 5.19. The quantitative estimate of drug-likeness (QED) is 0.537. The van der Waals surface area contributed by atoms with Crippen LogP contribution in [0.1, 0.15) is 13.8 Å². The molecule has 0 bridgehead atoms. The predicted octanol–water partition coefficient (Wildman–Crippen LogP) is 0.355. The van der Waals surface area contributed by atoms with Crippen molar-refractivity contribution in [2.75, 3.05) is 0 Å². The molecule has 3 heterocycles. The monoisotopic (exact) mass is 220 g/mol. The number of aromatic amines is 2. The van der Waals surface area contributed by atoms with Gasteiger partial charge in [0.1, 0.15) is 0 Å². The smallest absolute Gasteiger partial charge is 0.288 e. The number of fused-ring (bicyclic) bond motifs is 2. The Kier molecular flexibility index (Phi) is 2.47. The number of rotatable bonds is 0. The summed E-state index contributed by atoms with van der Waals surface area (Å²) in [5, 5.41) is 0. The van der Waals surface area contributed by atoms with Crippen LogP contribution in [0.4, 0.5) is 0 Å². The molecule has 0 saturated heterocycles. The Morgan fingerprint density at radius 3 is 2.94 bits per heavy atom. The summed E-state index contributed by atoms with van der Waals surface area (Å²) >= 11 is 0. The molecule has 2 N–H and O–H groups in total. The zero-order chi connectivity index (χ0) is 11.7. The molecule has 0 saturated carbocycles. The fourth-order valence-corrected chi connectivity index (χ4v) is 1.61. The maximum atomic E-state index is 11.9. The van der Waals surface area contributed by atoms with Gasteiger partial charge in [0.05, 0.1) is 7.05 Å². The molecule has 0 radical (unpaired) electrons. The number of imidazole rings is 2. The zero-order valence-electron chi connectivity index (χ0n) is 9.48. The maximum Gasteiger partial charge on any atom is 0.310 e. The highest BCUT2D eigenvalue weighted by atomic mass is 16.1. The van der Waals surface area contributed by atoms with Gasteiger partial charge >= 0.3 is 5.56 Å². The van der Waals surface area contributed by atoms with Crippen LogP contribution in [-0.2, 0) is 7.05 Å². The zero-order valence-corrected chi connectivity index (χ0v) is 9.48. The molecule has 3 aromatic rings. The van der Waals surface area contributed by atoms with E-state index in [1.165, 1.54) is 4.40 Å². The Balaban J connectivity index is 0.000000457. The Bertz CT molecular complexity index is 675. The molecule has 0 unspecified atom stereocenters. The minimum atomic E-state index is -0.0741. The predicted molar refractivity (Wildman–Crippen MR) is 60.2 cm³/mol. The Morgan fingerprint density at radius 1 is 1.44 bits per heavy atom. The second kappa shape index (κ2) is 3.80. The fourth-order valence-electron chi connectivity index (χ4n) is 1.61. The average Bonchev–Trinajstić information content (AvgIpc) is 2.89. The highest BCUT2D eigenvalue weighted by Gasteiger charge is 2.14. The Morgan fingerprint density at radius 2 is 2.19 bits per heavy atom. The molecule has 0 aliphatic heterocycles. The minimum absolute atomic E-state index is 0.0741. The topological polar surface area (TPSA) is 69.8 Å². The van der Waals surface area contributed by atoms with Crippen LogP contribution in [0.5, 0.6) is 0 Å². The van der Waals surface area contributed by atoms with E-state index in [4.69, 9.17) is 0 Å². The lowest BCUT2D eigenvalue weighted by molar-refractivity contribution is -0.645. The van der Waals surface area contributed by atoms with Gasteiger partial charge in [-0.25, -0.2) is 18.9 Å². The summed E-state index contributed by atoms with van der Waals surface area (Å²) in [5.41, 5.74) is 1.22. The molecule has 3 aromatic heterocycles. The number of aryl methyl sites for hydroxylation is 1. The van der Waals surface area contributed by atoms with Crippen molar-refractivity contribution in [2.45, 2.75) is 13.8 Å². The number of nitrogens with zero attached hydrogens (tertiary/aromatic N) is 3. The van der Waals surface area contributed by atoms with Crippen LogP contribution in [0.15, 0.2) is 23.5 Å². The molecule has 84 valence electrons. The van der Waals surface area contributed by atoms with Gasteiger partial charge in [0.2, 0.25) is 12.1 Å². The average molecular weight is 220 g/mol. The third-order valence-electron chi connectivity index (χ3n) is 2.29. The van der Waals surface area contributed by atoms with E-state index in [0.29, 0.717) is 16.9 Å². The molecule has 16 heavy (non-hydrogen) atoms. The largest absolute Gasteiger partial charge is 0.310 e. The third-order valence-corrected chi connectivity index (χ3v) is 2.29. The molecule has 0 amide bonds. The van der Waals surface area contributed by atoms with E-state index in [2.05, 4.69) is 15.0 Å². The molecule has 6 nitrogen and oxygen atoms in total. The summed E-state index contributed by atoms with van der Waals surface area (Å²) in [7, 11) is 1.82. The summed E-state index contributed by atoms with van der Waals surface area (Å²) in [6.45, 7) is 4.00. The van der Waals surface area contributed by atoms with Crippen LogP contribution in [0, 0.1) is 0 Å². The van der Waals surface area contributed by atoms with Gasteiger partial charge in [-0.3, -0.25) is 9.78 Å². The number of nitrogens with one attached hydrogen (secondary N) is 2. The summed E-state index contributed by atoms with van der Waals surface area (Å²) in [5.74, 6) is 0.546. The van der Waals surface area contributed by atoms with Crippen LogP contribution in [-0.4, -0.2) is 19.4 Å². The van der Waals surface area contributed by atoms with Crippen LogP contribution in [0.25, 0.3) is 16.9 Å². The van der Waals surface area contributed by atoms with Gasteiger partial charge < -0.3 is 0 Å². The molecule has 0 spiro atoms. The Hall–Kier alpha value is -2.11. The number of hydrogen-bond donors (Lipinski definition) is 2. The number of aromatic nitrogens is 5. The highest BCUT2D eigenvalue weighted by Crippen LogP contribution is 1.99. The van der Waals surface area contributed by atoms with Crippen molar-refractivity contribution >= 4 is 16.9 Å². The number of H-pyrrole nitrogens is 2. The van der Waals surface area contributed by atoms with Crippen molar-refractivity contribution in [1.29, 1.82) is 0 Å². The lowest BCUT2D eigenvalue weighted by Crippen LogP contribution is -2.32. The van der Waals surface area contributed by atoms with Crippen LogP contribution in [0.3, 0.4) is 0 Å². The number of hydrogen-bond acceptors (Lipinski definition) is 2. The van der Waals surface area contributed by atoms with Crippen molar-refractivity contribution in [1.82, 2.24) is 19.4 Å². The van der Waals surface area contributed by atoms with Crippen molar-refractivity contribution in [2.24, 2.45) is 7.05 Å². The van der Waals surface area contributed by atoms with Gasteiger partial charge in [-0.15, -0.1) is 0 Å². The van der Waals surface area contributed by atoms with E-state index >= 15 is 0 Å². The van der Waals surface area contributed by atoms with Gasteiger partial charge in [0.25, 0.3) is 11.2 Å². The molecule has 0 fully saturated rings. The summed E-state index contributed by atoms with van der Waals surface area (Å²) in [6, 6.07) is 0. The van der Waals surface area contributed by atoms with Crippen molar-refractivity contribution < 1.29 is 4.57 Å². The lowest BCUT2D eigenvalue weighted by Gasteiger charge is -1.90. The van der Waals surface area contributed by atoms with E-state index in [1.54, 1.807) is 23.3 Å². The lowest BCUT2D eigenvalue weighted by atomic mass is 10.5. The fraction of sp³-hybridized carbons (Fsp3) is 0.300. The van der Waals surface area contributed by atoms with Crippen molar-refractivity contribution in [3.8, 4) is 0 Å². The first-order chi connectivity index (χ1) is 7.77. The van der Waals surface area contributed by atoms with Gasteiger partial charge in [-0.05, 0) is 0 Å². The second-order valence-electron chi connectivity index (χ2n) is 3.16. The van der Waals surface area contributed by atoms with Crippen LogP contribution < -0.4 is 10.1 Å². The summed E-state index contributed by atoms with van der Waals surface area (Å²) < 4.78 is 3.23. The molecule has 3 rings (SSSR count).